The number of benzene rings is 1. The quantitative estimate of drug-likeness (QED) is 0.894. The second-order valence-electron chi connectivity index (χ2n) is 5.77. The third kappa shape index (κ3) is 3.54. The van der Waals surface area contributed by atoms with E-state index in [2.05, 4.69) is 16.4 Å². The fourth-order valence-corrected chi connectivity index (χ4v) is 2.01. The monoisotopic (exact) mass is 272 g/mol. The van der Waals surface area contributed by atoms with Gasteiger partial charge in [-0.15, -0.1) is 0 Å². The third-order valence-corrected chi connectivity index (χ3v) is 3.12. The zero-order valence-electron chi connectivity index (χ0n) is 12.1. The minimum atomic E-state index is -0.606. The van der Waals surface area contributed by atoms with Crippen molar-refractivity contribution in [3.05, 3.63) is 41.6 Å². The number of fused-ring (bicyclic) bond motifs is 1. The first-order chi connectivity index (χ1) is 9.39. The van der Waals surface area contributed by atoms with E-state index in [9.17, 15) is 4.79 Å². The summed E-state index contributed by atoms with van der Waals surface area (Å²) in [6, 6.07) is 9.89. The highest BCUT2D eigenvalue weighted by molar-refractivity contribution is 5.82. The van der Waals surface area contributed by atoms with Gasteiger partial charge in [-0.1, -0.05) is 17.7 Å². The zero-order chi connectivity index (χ0) is 14.8. The molecule has 0 aliphatic heterocycles. The minimum absolute atomic E-state index is 0.0941. The van der Waals surface area contributed by atoms with Crippen molar-refractivity contribution < 1.29 is 9.90 Å². The van der Waals surface area contributed by atoms with Gasteiger partial charge in [0.2, 0.25) is 5.91 Å². The van der Waals surface area contributed by atoms with Gasteiger partial charge in [0.25, 0.3) is 0 Å². The number of aliphatic hydroxyl groups excluding tert-OH is 1. The van der Waals surface area contributed by atoms with E-state index < -0.39 is 5.54 Å². The molecule has 1 aromatic carbocycles. The number of aryl methyl sites for hydroxylation is 1. The summed E-state index contributed by atoms with van der Waals surface area (Å²) in [6.45, 7) is 5.50. The van der Waals surface area contributed by atoms with Gasteiger partial charge in [-0.3, -0.25) is 9.78 Å². The minimum Gasteiger partial charge on any atom is -0.394 e. The Morgan fingerprint density at radius 2 is 2.05 bits per heavy atom. The van der Waals surface area contributed by atoms with Crippen molar-refractivity contribution >= 4 is 16.8 Å². The Bertz CT molecular complexity index is 635. The van der Waals surface area contributed by atoms with Crippen LogP contribution in [0.25, 0.3) is 10.9 Å². The summed E-state index contributed by atoms with van der Waals surface area (Å²) in [7, 11) is 0. The van der Waals surface area contributed by atoms with Gasteiger partial charge in [-0.2, -0.15) is 0 Å². The van der Waals surface area contributed by atoms with Crippen LogP contribution in [-0.2, 0) is 11.2 Å². The largest absolute Gasteiger partial charge is 0.394 e. The standard InChI is InChI=1S/C16H20N2O2/c1-11-4-7-14-12(8-11)5-6-13(17-14)9-15(20)18-16(2,3)10-19/h4-8,19H,9-10H2,1-3H3,(H,18,20). The summed E-state index contributed by atoms with van der Waals surface area (Å²) < 4.78 is 0. The molecule has 0 bridgehead atoms. The maximum absolute atomic E-state index is 11.9. The van der Waals surface area contributed by atoms with E-state index in [1.54, 1.807) is 13.8 Å². The van der Waals surface area contributed by atoms with Crippen molar-refractivity contribution in [3.63, 3.8) is 0 Å². The number of aromatic nitrogens is 1. The number of hydrogen-bond donors (Lipinski definition) is 2. The Labute approximate surface area is 118 Å². The lowest BCUT2D eigenvalue weighted by Crippen LogP contribution is -2.46. The van der Waals surface area contributed by atoms with Gasteiger partial charge >= 0.3 is 0 Å². The van der Waals surface area contributed by atoms with Crippen molar-refractivity contribution in [1.29, 1.82) is 0 Å². The number of pyridine rings is 1. The van der Waals surface area contributed by atoms with Crippen LogP contribution in [-0.4, -0.2) is 28.1 Å². The molecular weight excluding hydrogens is 252 g/mol. The molecule has 0 aliphatic rings. The number of carbonyl (C=O) groups excluding carboxylic acids is 1. The Hall–Kier alpha value is -1.94. The summed E-state index contributed by atoms with van der Waals surface area (Å²) in [5.74, 6) is -0.136. The van der Waals surface area contributed by atoms with Crippen LogP contribution in [0.3, 0.4) is 0 Å². The number of amides is 1. The van der Waals surface area contributed by atoms with Crippen LogP contribution >= 0.6 is 0 Å². The second-order valence-corrected chi connectivity index (χ2v) is 5.77. The van der Waals surface area contributed by atoms with E-state index in [1.807, 2.05) is 31.2 Å². The molecule has 106 valence electrons. The van der Waals surface area contributed by atoms with E-state index in [0.29, 0.717) is 0 Å². The van der Waals surface area contributed by atoms with E-state index in [-0.39, 0.29) is 18.9 Å². The third-order valence-electron chi connectivity index (χ3n) is 3.12. The first-order valence-corrected chi connectivity index (χ1v) is 6.68. The van der Waals surface area contributed by atoms with E-state index in [1.165, 1.54) is 5.56 Å². The molecular formula is C16H20N2O2. The first kappa shape index (κ1) is 14.5. The molecule has 2 N–H and O–H groups in total. The van der Waals surface area contributed by atoms with Crippen molar-refractivity contribution in [1.82, 2.24) is 10.3 Å². The van der Waals surface area contributed by atoms with Crippen molar-refractivity contribution in [2.24, 2.45) is 0 Å². The Morgan fingerprint density at radius 3 is 2.75 bits per heavy atom. The van der Waals surface area contributed by atoms with Crippen LogP contribution in [0.2, 0.25) is 0 Å². The van der Waals surface area contributed by atoms with E-state index in [4.69, 9.17) is 5.11 Å². The molecule has 0 unspecified atom stereocenters. The molecule has 1 amide bonds. The number of nitrogens with zero attached hydrogens (tertiary/aromatic N) is 1. The van der Waals surface area contributed by atoms with Crippen molar-refractivity contribution in [2.45, 2.75) is 32.7 Å². The number of rotatable bonds is 4. The highest BCUT2D eigenvalue weighted by atomic mass is 16.3. The average Bonchev–Trinajstić information content (AvgIpc) is 2.38. The number of nitrogens with one attached hydrogen (secondary N) is 1. The second kappa shape index (κ2) is 5.59. The van der Waals surface area contributed by atoms with Gasteiger partial charge in [0.15, 0.2) is 0 Å². The lowest BCUT2D eigenvalue weighted by atomic mass is 10.1. The molecule has 1 aromatic heterocycles. The van der Waals surface area contributed by atoms with Crippen LogP contribution in [0.1, 0.15) is 25.1 Å². The normalized spacial score (nSPS) is 11.6. The number of aliphatic hydroxyl groups is 1. The molecule has 4 heteroatoms. The first-order valence-electron chi connectivity index (χ1n) is 6.68. The predicted molar refractivity (Wildman–Crippen MR) is 79.5 cm³/mol. The molecule has 0 radical (unpaired) electrons. The molecule has 2 rings (SSSR count). The summed E-state index contributed by atoms with van der Waals surface area (Å²) in [5.41, 5.74) is 2.20. The number of hydrogen-bond acceptors (Lipinski definition) is 3. The summed E-state index contributed by atoms with van der Waals surface area (Å²) in [4.78, 5) is 16.4. The zero-order valence-corrected chi connectivity index (χ0v) is 12.1. The van der Waals surface area contributed by atoms with Crippen molar-refractivity contribution in [2.75, 3.05) is 6.61 Å². The predicted octanol–water partition coefficient (Wildman–Crippen LogP) is 1.97. The van der Waals surface area contributed by atoms with Gasteiger partial charge in [-0.05, 0) is 39.0 Å². The Kier molecular flexibility index (Phi) is 4.04. The maximum Gasteiger partial charge on any atom is 0.226 e. The Balaban J connectivity index is 2.14. The van der Waals surface area contributed by atoms with Crippen LogP contribution in [0.15, 0.2) is 30.3 Å². The molecule has 0 spiro atoms. The van der Waals surface area contributed by atoms with Crippen LogP contribution < -0.4 is 5.32 Å². The topological polar surface area (TPSA) is 62.2 Å². The SMILES string of the molecule is Cc1ccc2nc(CC(=O)NC(C)(C)CO)ccc2c1. The van der Waals surface area contributed by atoms with Crippen LogP contribution in [0.4, 0.5) is 0 Å². The molecule has 0 fully saturated rings. The summed E-state index contributed by atoms with van der Waals surface area (Å²) >= 11 is 0. The maximum atomic E-state index is 11.9. The Morgan fingerprint density at radius 1 is 1.30 bits per heavy atom. The molecule has 0 atom stereocenters. The molecule has 0 aliphatic carbocycles. The van der Waals surface area contributed by atoms with Gasteiger partial charge in [0.05, 0.1) is 29.8 Å². The summed E-state index contributed by atoms with van der Waals surface area (Å²) in [5, 5.41) is 13.0. The lowest BCUT2D eigenvalue weighted by Gasteiger charge is -2.23. The average molecular weight is 272 g/mol. The molecule has 0 saturated carbocycles. The summed E-state index contributed by atoms with van der Waals surface area (Å²) in [6.07, 6.45) is 0.216. The van der Waals surface area contributed by atoms with E-state index in [0.717, 1.165) is 16.6 Å². The highest BCUT2D eigenvalue weighted by Crippen LogP contribution is 2.15. The number of carbonyl (C=O) groups is 1. The van der Waals surface area contributed by atoms with Gasteiger partial charge in [0.1, 0.15) is 0 Å². The molecule has 2 aromatic rings. The van der Waals surface area contributed by atoms with Gasteiger partial charge in [-0.25, -0.2) is 0 Å². The molecule has 1 heterocycles. The fourth-order valence-electron chi connectivity index (χ4n) is 2.01. The lowest BCUT2D eigenvalue weighted by molar-refractivity contribution is -0.122. The van der Waals surface area contributed by atoms with E-state index >= 15 is 0 Å². The van der Waals surface area contributed by atoms with Crippen LogP contribution in [0, 0.1) is 6.92 Å². The van der Waals surface area contributed by atoms with Crippen molar-refractivity contribution in [3.8, 4) is 0 Å². The van der Waals surface area contributed by atoms with Gasteiger partial charge < -0.3 is 10.4 Å². The van der Waals surface area contributed by atoms with Crippen LogP contribution in [0.5, 0.6) is 0 Å². The smallest absolute Gasteiger partial charge is 0.226 e. The highest BCUT2D eigenvalue weighted by Gasteiger charge is 2.19. The van der Waals surface area contributed by atoms with Gasteiger partial charge in [0, 0.05) is 5.39 Å². The fraction of sp³-hybridized carbons (Fsp3) is 0.375. The molecule has 20 heavy (non-hydrogen) atoms. The molecule has 0 saturated heterocycles. The molecule has 4 nitrogen and oxygen atoms in total.